The van der Waals surface area contributed by atoms with Gasteiger partial charge in [0.25, 0.3) is 0 Å². The first-order valence-electron chi connectivity index (χ1n) is 8.80. The molecule has 1 aromatic heterocycles. The number of hydrogen-bond donors (Lipinski definition) is 1. The second kappa shape index (κ2) is 7.70. The van der Waals surface area contributed by atoms with Crippen molar-refractivity contribution in [2.75, 3.05) is 25.1 Å². The summed E-state index contributed by atoms with van der Waals surface area (Å²) in [5.41, 5.74) is 2.31. The van der Waals surface area contributed by atoms with Gasteiger partial charge in [0.1, 0.15) is 11.6 Å². The van der Waals surface area contributed by atoms with Crippen molar-refractivity contribution >= 4 is 16.7 Å². The standard InChI is InChI=1S/C19H27N3O2S/c1-13-5-6-15(16(9-13)24-12-14-7-8-23-11-14)10-20-18-21-17(22-25-18)19(2,3)4/h5-6,9,14H,7-8,10-12H2,1-4H3,(H,20,21,22). The van der Waals surface area contributed by atoms with Crippen LogP contribution in [0.3, 0.4) is 0 Å². The highest BCUT2D eigenvalue weighted by molar-refractivity contribution is 7.09. The number of anilines is 1. The Morgan fingerprint density at radius 3 is 2.88 bits per heavy atom. The van der Waals surface area contributed by atoms with Gasteiger partial charge in [0.2, 0.25) is 5.13 Å². The van der Waals surface area contributed by atoms with E-state index in [0.717, 1.165) is 41.9 Å². The van der Waals surface area contributed by atoms with E-state index in [9.17, 15) is 0 Å². The Labute approximate surface area is 153 Å². The first-order chi connectivity index (χ1) is 11.9. The van der Waals surface area contributed by atoms with Gasteiger partial charge in [-0.2, -0.15) is 4.37 Å². The molecule has 25 heavy (non-hydrogen) atoms. The summed E-state index contributed by atoms with van der Waals surface area (Å²) in [7, 11) is 0. The summed E-state index contributed by atoms with van der Waals surface area (Å²) in [6.45, 7) is 11.5. The van der Waals surface area contributed by atoms with Crippen LogP contribution >= 0.6 is 11.5 Å². The molecule has 1 saturated heterocycles. The van der Waals surface area contributed by atoms with E-state index < -0.39 is 0 Å². The zero-order valence-corrected chi connectivity index (χ0v) is 16.3. The molecule has 0 bridgehead atoms. The lowest BCUT2D eigenvalue weighted by Crippen LogP contribution is -2.14. The van der Waals surface area contributed by atoms with Crippen molar-refractivity contribution in [3.63, 3.8) is 0 Å². The minimum atomic E-state index is -0.0298. The molecule has 1 aliphatic heterocycles. The number of aromatic nitrogens is 2. The molecule has 5 nitrogen and oxygen atoms in total. The van der Waals surface area contributed by atoms with Crippen molar-refractivity contribution in [2.24, 2.45) is 5.92 Å². The van der Waals surface area contributed by atoms with E-state index >= 15 is 0 Å². The van der Waals surface area contributed by atoms with Gasteiger partial charge in [-0.25, -0.2) is 4.98 Å². The summed E-state index contributed by atoms with van der Waals surface area (Å²) in [4.78, 5) is 4.59. The molecule has 0 radical (unpaired) electrons. The van der Waals surface area contributed by atoms with Crippen LogP contribution in [-0.4, -0.2) is 29.2 Å². The second-order valence-corrected chi connectivity index (χ2v) is 8.43. The van der Waals surface area contributed by atoms with Crippen LogP contribution in [0.4, 0.5) is 5.13 Å². The minimum absolute atomic E-state index is 0.0298. The molecule has 2 aromatic rings. The van der Waals surface area contributed by atoms with Gasteiger partial charge in [0.05, 0.1) is 13.2 Å². The van der Waals surface area contributed by atoms with E-state index in [2.05, 4.69) is 60.6 Å². The number of hydrogen-bond acceptors (Lipinski definition) is 6. The Morgan fingerprint density at radius 1 is 1.36 bits per heavy atom. The molecule has 1 aromatic carbocycles. The molecule has 2 heterocycles. The first-order valence-corrected chi connectivity index (χ1v) is 9.57. The molecule has 1 atom stereocenters. The van der Waals surface area contributed by atoms with Crippen molar-refractivity contribution in [1.82, 2.24) is 9.36 Å². The molecule has 136 valence electrons. The third-order valence-corrected chi connectivity index (χ3v) is 4.92. The molecule has 6 heteroatoms. The Balaban J connectivity index is 1.64. The normalized spacial score (nSPS) is 17.7. The molecule has 3 rings (SSSR count). The van der Waals surface area contributed by atoms with Gasteiger partial charge in [0, 0.05) is 41.6 Å². The molecule has 0 spiro atoms. The highest BCUT2D eigenvalue weighted by Gasteiger charge is 2.20. The van der Waals surface area contributed by atoms with Gasteiger partial charge in [0.15, 0.2) is 0 Å². The van der Waals surface area contributed by atoms with Crippen LogP contribution in [0.15, 0.2) is 18.2 Å². The predicted octanol–water partition coefficient (Wildman–Crippen LogP) is 4.17. The van der Waals surface area contributed by atoms with Gasteiger partial charge in [-0.3, -0.25) is 0 Å². The van der Waals surface area contributed by atoms with Crippen LogP contribution in [-0.2, 0) is 16.7 Å². The van der Waals surface area contributed by atoms with Crippen LogP contribution in [0.25, 0.3) is 0 Å². The number of rotatable bonds is 6. The summed E-state index contributed by atoms with van der Waals surface area (Å²) in [6.07, 6.45) is 1.08. The van der Waals surface area contributed by atoms with E-state index in [0.29, 0.717) is 19.1 Å². The molecule has 1 N–H and O–H groups in total. The van der Waals surface area contributed by atoms with Crippen molar-refractivity contribution in [3.8, 4) is 5.75 Å². The van der Waals surface area contributed by atoms with Gasteiger partial charge in [-0.05, 0) is 25.0 Å². The van der Waals surface area contributed by atoms with Crippen LogP contribution in [0.2, 0.25) is 0 Å². The number of ether oxygens (including phenoxy) is 2. The van der Waals surface area contributed by atoms with E-state index in [1.165, 1.54) is 17.1 Å². The lowest BCUT2D eigenvalue weighted by Gasteiger charge is -2.15. The maximum absolute atomic E-state index is 6.10. The minimum Gasteiger partial charge on any atom is -0.493 e. The molecule has 0 aliphatic carbocycles. The second-order valence-electron chi connectivity index (χ2n) is 7.68. The maximum Gasteiger partial charge on any atom is 0.202 e. The van der Waals surface area contributed by atoms with E-state index in [-0.39, 0.29) is 5.41 Å². The fourth-order valence-corrected chi connectivity index (χ4v) is 3.39. The molecular formula is C19H27N3O2S. The van der Waals surface area contributed by atoms with Gasteiger partial charge in [-0.15, -0.1) is 0 Å². The van der Waals surface area contributed by atoms with Gasteiger partial charge < -0.3 is 14.8 Å². The summed E-state index contributed by atoms with van der Waals surface area (Å²) in [5.74, 6) is 2.32. The number of nitrogens with one attached hydrogen (secondary N) is 1. The third-order valence-electron chi connectivity index (χ3n) is 4.25. The Kier molecular flexibility index (Phi) is 5.59. The quantitative estimate of drug-likeness (QED) is 0.837. The van der Waals surface area contributed by atoms with Crippen molar-refractivity contribution in [2.45, 2.75) is 46.1 Å². The monoisotopic (exact) mass is 361 g/mol. The highest BCUT2D eigenvalue weighted by atomic mass is 32.1. The van der Waals surface area contributed by atoms with Crippen LogP contribution in [0.5, 0.6) is 5.75 Å². The average Bonchev–Trinajstić information content (AvgIpc) is 3.23. The number of benzene rings is 1. The van der Waals surface area contributed by atoms with Crippen LogP contribution in [0.1, 0.15) is 44.1 Å². The third kappa shape index (κ3) is 4.92. The lowest BCUT2D eigenvalue weighted by atomic mass is 9.96. The SMILES string of the molecule is Cc1ccc(CNc2nc(C(C)(C)C)ns2)c(OCC2CCOC2)c1. The fourth-order valence-electron chi connectivity index (χ4n) is 2.64. The Bertz CT molecular complexity index is 703. The molecule has 0 amide bonds. The molecule has 0 saturated carbocycles. The van der Waals surface area contributed by atoms with E-state index in [1.807, 2.05) is 0 Å². The zero-order valence-electron chi connectivity index (χ0n) is 15.5. The maximum atomic E-state index is 6.10. The highest BCUT2D eigenvalue weighted by Crippen LogP contribution is 2.26. The molecular weight excluding hydrogens is 334 g/mol. The fraction of sp³-hybridized carbons (Fsp3) is 0.579. The van der Waals surface area contributed by atoms with E-state index in [4.69, 9.17) is 9.47 Å². The summed E-state index contributed by atoms with van der Waals surface area (Å²) in [6, 6.07) is 6.34. The topological polar surface area (TPSA) is 56.3 Å². The van der Waals surface area contributed by atoms with Crippen molar-refractivity contribution in [3.05, 3.63) is 35.2 Å². The number of nitrogens with zero attached hydrogens (tertiary/aromatic N) is 2. The van der Waals surface area contributed by atoms with Crippen LogP contribution < -0.4 is 10.1 Å². The first kappa shape index (κ1) is 18.1. The zero-order chi connectivity index (χ0) is 17.9. The van der Waals surface area contributed by atoms with Crippen molar-refractivity contribution in [1.29, 1.82) is 0 Å². The average molecular weight is 362 g/mol. The van der Waals surface area contributed by atoms with E-state index in [1.54, 1.807) is 0 Å². The number of aryl methyl sites for hydroxylation is 1. The molecule has 1 aliphatic rings. The molecule has 1 fully saturated rings. The smallest absolute Gasteiger partial charge is 0.202 e. The molecule has 1 unspecified atom stereocenters. The largest absolute Gasteiger partial charge is 0.493 e. The van der Waals surface area contributed by atoms with Gasteiger partial charge >= 0.3 is 0 Å². The lowest BCUT2D eigenvalue weighted by molar-refractivity contribution is 0.167. The van der Waals surface area contributed by atoms with Gasteiger partial charge in [-0.1, -0.05) is 32.9 Å². The predicted molar refractivity (Wildman–Crippen MR) is 102 cm³/mol. The summed E-state index contributed by atoms with van der Waals surface area (Å²) >= 11 is 1.41. The Hall–Kier alpha value is -1.66. The van der Waals surface area contributed by atoms with Crippen LogP contribution in [0, 0.1) is 12.8 Å². The summed E-state index contributed by atoms with van der Waals surface area (Å²) in [5, 5.41) is 4.23. The van der Waals surface area contributed by atoms with Crippen molar-refractivity contribution < 1.29 is 9.47 Å². The Morgan fingerprint density at radius 2 is 2.20 bits per heavy atom. The summed E-state index contributed by atoms with van der Waals surface area (Å²) < 4.78 is 16.0.